The smallest absolute Gasteiger partial charge is 0.164 e. The number of aromatic nitrogens is 4. The molecule has 0 aliphatic heterocycles. The summed E-state index contributed by atoms with van der Waals surface area (Å²) in [7, 11) is 0. The van der Waals surface area contributed by atoms with Crippen molar-refractivity contribution in [2.45, 2.75) is 0 Å². The van der Waals surface area contributed by atoms with Crippen molar-refractivity contribution in [2.24, 2.45) is 0 Å². The topological polar surface area (TPSA) is 77.8 Å². The fourth-order valence-corrected chi connectivity index (χ4v) is 8.55. The molecule has 0 spiro atoms. The van der Waals surface area contributed by atoms with Gasteiger partial charge in [0.25, 0.3) is 0 Å². The Morgan fingerprint density at radius 2 is 0.742 bits per heavy atom. The molecule has 0 unspecified atom stereocenters. The molecule has 0 bridgehead atoms. The Labute approximate surface area is 356 Å². The molecule has 12 rings (SSSR count). The fraction of sp³-hybridized carbons (Fsp3) is 0. The molecule has 0 fully saturated rings. The number of para-hydroxylation sites is 2. The summed E-state index contributed by atoms with van der Waals surface area (Å²) < 4.78 is 12.5. The SMILES string of the molecule is c1ccc(-c2ccc(-c3nc(-c4cc(-c5ccc6oc7ccccc7c6c5)cc(-c5ccc6oc7ccccc7c6c5)c4)nc(-c4ccccc4-c4cccnc4)n3)cc2)cc1. The lowest BCUT2D eigenvalue weighted by molar-refractivity contribution is 0.668. The molecular weight excluding hydrogens is 761 g/mol. The maximum absolute atomic E-state index is 6.24. The molecule has 62 heavy (non-hydrogen) atoms. The first-order valence-electron chi connectivity index (χ1n) is 20.6. The van der Waals surface area contributed by atoms with Gasteiger partial charge in [0.2, 0.25) is 0 Å². The molecule has 0 radical (unpaired) electrons. The summed E-state index contributed by atoms with van der Waals surface area (Å²) in [4.78, 5) is 20.2. The number of nitrogens with zero attached hydrogens (tertiary/aromatic N) is 4. The van der Waals surface area contributed by atoms with Crippen LogP contribution in [0.2, 0.25) is 0 Å². The van der Waals surface area contributed by atoms with Crippen molar-refractivity contribution in [2.75, 3.05) is 0 Å². The highest BCUT2D eigenvalue weighted by molar-refractivity contribution is 6.07. The van der Waals surface area contributed by atoms with Gasteiger partial charge in [0.05, 0.1) is 0 Å². The first-order valence-corrected chi connectivity index (χ1v) is 20.6. The average molecular weight is 795 g/mol. The molecule has 6 nitrogen and oxygen atoms in total. The van der Waals surface area contributed by atoms with Gasteiger partial charge in [-0.25, -0.2) is 15.0 Å². The van der Waals surface area contributed by atoms with Crippen molar-refractivity contribution in [3.63, 3.8) is 0 Å². The first kappa shape index (κ1) is 35.5. The third kappa shape index (κ3) is 6.30. The van der Waals surface area contributed by atoms with Crippen LogP contribution >= 0.6 is 0 Å². The summed E-state index contributed by atoms with van der Waals surface area (Å²) in [6.07, 6.45) is 3.66. The van der Waals surface area contributed by atoms with Gasteiger partial charge in [0.1, 0.15) is 22.3 Å². The molecule has 0 saturated heterocycles. The Morgan fingerprint density at radius 1 is 0.274 bits per heavy atom. The molecule has 290 valence electrons. The number of rotatable bonds is 7. The third-order valence-electron chi connectivity index (χ3n) is 11.6. The van der Waals surface area contributed by atoms with E-state index in [4.69, 9.17) is 23.8 Å². The zero-order valence-electron chi connectivity index (χ0n) is 33.2. The van der Waals surface area contributed by atoms with E-state index in [0.717, 1.165) is 105 Å². The van der Waals surface area contributed by atoms with Gasteiger partial charge >= 0.3 is 0 Å². The van der Waals surface area contributed by atoms with Crippen molar-refractivity contribution in [3.8, 4) is 78.7 Å². The Kier molecular flexibility index (Phi) is 8.38. The molecular formula is C56H34N4O2. The van der Waals surface area contributed by atoms with Gasteiger partial charge < -0.3 is 8.83 Å². The van der Waals surface area contributed by atoms with Crippen LogP contribution in [0.15, 0.2) is 215 Å². The molecule has 6 heteroatoms. The first-order chi connectivity index (χ1) is 30.7. The lowest BCUT2D eigenvalue weighted by Crippen LogP contribution is -2.01. The molecule has 0 amide bonds. The molecule has 0 saturated carbocycles. The standard InChI is InChI=1S/C56H34N4O2/c1-2-11-35(12-3-1)36-20-22-37(23-21-36)54-58-55(60-56(59-54)47-17-5-4-14-44(47)40-13-10-28-57-34-40)43-30-41(38-24-26-52-48(32-38)45-15-6-8-18-50(45)61-52)29-42(31-43)39-25-27-53-49(33-39)46-16-7-9-19-51(46)62-53/h1-34H. The van der Waals surface area contributed by atoms with E-state index in [1.165, 1.54) is 0 Å². The predicted molar refractivity (Wildman–Crippen MR) is 250 cm³/mol. The maximum Gasteiger partial charge on any atom is 0.164 e. The summed E-state index contributed by atoms with van der Waals surface area (Å²) in [5.41, 5.74) is 14.4. The second-order valence-corrected chi connectivity index (χ2v) is 15.5. The summed E-state index contributed by atoms with van der Waals surface area (Å²) in [6, 6.07) is 66.9. The Balaban J connectivity index is 1.08. The molecule has 4 heterocycles. The second-order valence-electron chi connectivity index (χ2n) is 15.5. The highest BCUT2D eigenvalue weighted by atomic mass is 16.3. The number of fused-ring (bicyclic) bond motifs is 6. The highest BCUT2D eigenvalue weighted by Crippen LogP contribution is 2.39. The van der Waals surface area contributed by atoms with Gasteiger partial charge in [-0.15, -0.1) is 0 Å². The maximum atomic E-state index is 6.24. The fourth-order valence-electron chi connectivity index (χ4n) is 8.55. The van der Waals surface area contributed by atoms with Gasteiger partial charge in [0.15, 0.2) is 17.5 Å². The van der Waals surface area contributed by atoms with Crippen molar-refractivity contribution in [3.05, 3.63) is 207 Å². The van der Waals surface area contributed by atoms with Crippen LogP contribution in [0.4, 0.5) is 0 Å². The lowest BCUT2D eigenvalue weighted by atomic mass is 9.94. The predicted octanol–water partition coefficient (Wildman–Crippen LogP) is 14.7. The number of pyridine rings is 1. The minimum atomic E-state index is 0.561. The summed E-state index contributed by atoms with van der Waals surface area (Å²) in [5.74, 6) is 1.71. The van der Waals surface area contributed by atoms with E-state index in [0.29, 0.717) is 17.5 Å². The molecule has 4 aromatic heterocycles. The van der Waals surface area contributed by atoms with Gasteiger partial charge in [-0.05, 0) is 99.6 Å². The summed E-state index contributed by atoms with van der Waals surface area (Å²) in [5, 5.41) is 4.28. The van der Waals surface area contributed by atoms with E-state index < -0.39 is 0 Å². The van der Waals surface area contributed by atoms with Gasteiger partial charge in [-0.3, -0.25) is 4.98 Å². The van der Waals surface area contributed by atoms with Crippen molar-refractivity contribution in [1.82, 2.24) is 19.9 Å². The molecule has 8 aromatic carbocycles. The zero-order chi connectivity index (χ0) is 41.0. The minimum Gasteiger partial charge on any atom is -0.456 e. The number of furan rings is 2. The van der Waals surface area contributed by atoms with Gasteiger partial charge in [0, 0.05) is 56.2 Å². The van der Waals surface area contributed by atoms with E-state index >= 15 is 0 Å². The highest BCUT2D eigenvalue weighted by Gasteiger charge is 2.19. The lowest BCUT2D eigenvalue weighted by Gasteiger charge is -2.14. The summed E-state index contributed by atoms with van der Waals surface area (Å²) in [6.45, 7) is 0. The number of hydrogen-bond donors (Lipinski definition) is 0. The van der Waals surface area contributed by atoms with Crippen molar-refractivity contribution < 1.29 is 8.83 Å². The number of benzene rings is 8. The number of hydrogen-bond acceptors (Lipinski definition) is 6. The Hall–Kier alpha value is -8.48. The van der Waals surface area contributed by atoms with Crippen LogP contribution in [0.1, 0.15) is 0 Å². The van der Waals surface area contributed by atoms with Crippen LogP contribution in [0.3, 0.4) is 0 Å². The minimum absolute atomic E-state index is 0.561. The van der Waals surface area contributed by atoms with Crippen LogP contribution in [0.5, 0.6) is 0 Å². The van der Waals surface area contributed by atoms with E-state index in [9.17, 15) is 0 Å². The van der Waals surface area contributed by atoms with E-state index in [1.807, 2.05) is 54.7 Å². The van der Waals surface area contributed by atoms with Crippen LogP contribution < -0.4 is 0 Å². The Morgan fingerprint density at radius 3 is 1.37 bits per heavy atom. The molecule has 0 aliphatic carbocycles. The van der Waals surface area contributed by atoms with Crippen LogP contribution in [0, 0.1) is 0 Å². The van der Waals surface area contributed by atoms with Crippen molar-refractivity contribution in [1.29, 1.82) is 0 Å². The monoisotopic (exact) mass is 794 g/mol. The van der Waals surface area contributed by atoms with E-state index in [2.05, 4.69) is 151 Å². The molecule has 12 aromatic rings. The van der Waals surface area contributed by atoms with E-state index in [1.54, 1.807) is 6.20 Å². The van der Waals surface area contributed by atoms with Crippen LogP contribution in [0.25, 0.3) is 123 Å². The van der Waals surface area contributed by atoms with Gasteiger partial charge in [-0.1, -0.05) is 133 Å². The van der Waals surface area contributed by atoms with Crippen LogP contribution in [-0.2, 0) is 0 Å². The normalized spacial score (nSPS) is 11.5. The summed E-state index contributed by atoms with van der Waals surface area (Å²) >= 11 is 0. The van der Waals surface area contributed by atoms with Gasteiger partial charge in [-0.2, -0.15) is 0 Å². The molecule has 0 aliphatic rings. The largest absolute Gasteiger partial charge is 0.456 e. The third-order valence-corrected chi connectivity index (χ3v) is 11.6. The molecule has 0 N–H and O–H groups in total. The second kappa shape index (κ2) is 14.7. The molecule has 0 atom stereocenters. The van der Waals surface area contributed by atoms with E-state index in [-0.39, 0.29) is 0 Å². The van der Waals surface area contributed by atoms with Crippen molar-refractivity contribution >= 4 is 43.9 Å². The zero-order valence-corrected chi connectivity index (χ0v) is 33.2. The van der Waals surface area contributed by atoms with Crippen LogP contribution in [-0.4, -0.2) is 19.9 Å². The Bertz CT molecular complexity index is 3500. The average Bonchev–Trinajstić information content (AvgIpc) is 3.92. The quantitative estimate of drug-likeness (QED) is 0.160.